The third-order valence-electron chi connectivity index (χ3n) is 16.7. The Morgan fingerprint density at radius 2 is 1.05 bits per heavy atom. The number of nitrogens with one attached hydrogen (secondary N) is 6. The molecule has 8 fully saturated rings. The molecular weight excluding hydrogens is 1220 g/mol. The minimum Gasteiger partial charge on any atom is -0.481 e. The second-order valence-corrected chi connectivity index (χ2v) is 23.6. The van der Waals surface area contributed by atoms with Gasteiger partial charge in [-0.15, -0.1) is 0 Å². The fourth-order valence-electron chi connectivity index (χ4n) is 11.5. The average Bonchev–Trinajstić information content (AvgIpc) is 1.32. The van der Waals surface area contributed by atoms with Gasteiger partial charge >= 0.3 is 42.1 Å². The molecule has 30 heteroatoms. The van der Waals surface area contributed by atoms with Crippen LogP contribution in [0, 0.1) is 23.7 Å². The number of ether oxygens (including phenoxy) is 1. The summed E-state index contributed by atoms with van der Waals surface area (Å²) in [4.78, 5) is 118. The molecule has 8 aliphatic heterocycles. The van der Waals surface area contributed by atoms with Crippen LogP contribution < -0.4 is 51.5 Å². The van der Waals surface area contributed by atoms with E-state index in [1.54, 1.807) is 27.1 Å². The summed E-state index contributed by atoms with van der Waals surface area (Å²) in [7, 11) is 0. The Labute approximate surface area is 550 Å². The fraction of sp³-hybridized carbons (Fsp3) is 0.462. The van der Waals surface area contributed by atoms with E-state index >= 15 is 0 Å². The maximum absolute atomic E-state index is 12.6. The molecule has 0 aliphatic carbocycles. The lowest BCUT2D eigenvalue weighted by molar-refractivity contribution is -0.138. The smallest absolute Gasteiger partial charge is 0.328 e. The summed E-state index contributed by atoms with van der Waals surface area (Å²) >= 11 is 0. The van der Waals surface area contributed by atoms with E-state index in [4.69, 9.17) is 14.9 Å². The number of benzene rings is 2. The zero-order chi connectivity index (χ0) is 67.3. The SMILES string of the molecule is C=C1CCN(c2cnn(CC(=O)O)c2)C(=O)N1.C=C1CCN(c2cnn(CCC(=O)O)c2)C(=O)N1.O=C1CCN(c2cccc(C#CCCN3CCN(C(=O)N4CCNCC4)CC3)c2)C(=O)N1.O=C1CCN(c2cccc(C#CCN3CCOC4(CCNCC4)C3)c2)C(=O)N1. The lowest BCUT2D eigenvalue weighted by Crippen LogP contribution is -2.56. The van der Waals surface area contributed by atoms with Gasteiger partial charge in [-0.2, -0.15) is 10.2 Å². The van der Waals surface area contributed by atoms with E-state index in [9.17, 15) is 43.2 Å². The molecule has 0 bridgehead atoms. The van der Waals surface area contributed by atoms with Gasteiger partial charge < -0.3 is 46.0 Å². The Balaban J connectivity index is 0.000000154. The van der Waals surface area contributed by atoms with Crippen molar-refractivity contribution in [1.82, 2.24) is 71.1 Å². The molecular formula is C65H82N18O12. The number of anilines is 4. The van der Waals surface area contributed by atoms with Crippen molar-refractivity contribution < 1.29 is 58.1 Å². The highest BCUT2D eigenvalue weighted by molar-refractivity contribution is 6.06. The number of aryl methyl sites for hydroxylation is 1. The number of carboxylic acids is 2. The number of rotatable bonds is 12. The lowest BCUT2D eigenvalue weighted by atomic mass is 9.90. The summed E-state index contributed by atoms with van der Waals surface area (Å²) in [6.45, 7) is 22.1. The topological polar surface area (TPSA) is 337 Å². The predicted octanol–water partition coefficient (Wildman–Crippen LogP) is 2.65. The van der Waals surface area contributed by atoms with Crippen LogP contribution >= 0.6 is 0 Å². The zero-order valence-electron chi connectivity index (χ0n) is 53.2. The number of piperidine rings is 1. The van der Waals surface area contributed by atoms with Crippen molar-refractivity contribution in [3.63, 3.8) is 0 Å². The predicted molar refractivity (Wildman–Crippen MR) is 351 cm³/mol. The van der Waals surface area contributed by atoms with E-state index in [0.29, 0.717) is 81.2 Å². The highest BCUT2D eigenvalue weighted by Crippen LogP contribution is 2.28. The molecule has 504 valence electrons. The van der Waals surface area contributed by atoms with Crippen molar-refractivity contribution in [2.45, 2.75) is 70.1 Å². The molecule has 2 aromatic carbocycles. The summed E-state index contributed by atoms with van der Waals surface area (Å²) in [5.41, 5.74) is 5.83. The Kier molecular flexibility index (Phi) is 24.5. The van der Waals surface area contributed by atoms with Crippen LogP contribution in [0.1, 0.15) is 62.5 Å². The Morgan fingerprint density at radius 3 is 1.60 bits per heavy atom. The molecule has 4 aromatic rings. The van der Waals surface area contributed by atoms with E-state index in [0.717, 1.165) is 133 Å². The van der Waals surface area contributed by atoms with Crippen LogP contribution in [0.2, 0.25) is 0 Å². The number of carboxylic acid groups (broad SMARTS) is 2. The molecule has 95 heavy (non-hydrogen) atoms. The molecule has 30 nitrogen and oxygen atoms in total. The van der Waals surface area contributed by atoms with Gasteiger partial charge in [-0.3, -0.25) is 68.6 Å². The monoisotopic (exact) mass is 1310 g/mol. The number of urea groups is 5. The Morgan fingerprint density at radius 1 is 0.547 bits per heavy atom. The third-order valence-corrected chi connectivity index (χ3v) is 16.7. The quantitative estimate of drug-likeness (QED) is 0.0945. The first kappa shape index (κ1) is 69.2. The van der Waals surface area contributed by atoms with Gasteiger partial charge in [0.05, 0.1) is 55.5 Å². The molecule has 0 radical (unpaired) electrons. The largest absolute Gasteiger partial charge is 0.481 e. The number of nitrogens with zero attached hydrogens (tertiary/aromatic N) is 12. The summed E-state index contributed by atoms with van der Waals surface area (Å²) in [6.07, 6.45) is 11.0. The van der Waals surface area contributed by atoms with Crippen molar-refractivity contribution in [3.8, 4) is 23.7 Å². The number of amides is 12. The number of hydrogen-bond donors (Lipinski definition) is 8. The molecule has 1 spiro atoms. The Hall–Kier alpha value is -10.1. The number of hydrogen-bond acceptors (Lipinski definition) is 16. The molecule has 0 saturated carbocycles. The first-order chi connectivity index (χ1) is 45.8. The van der Waals surface area contributed by atoms with Gasteiger partial charge in [-0.05, 0) is 62.3 Å². The summed E-state index contributed by atoms with van der Waals surface area (Å²) in [6, 6.07) is 14.0. The van der Waals surface area contributed by atoms with Crippen molar-refractivity contribution in [3.05, 3.63) is 109 Å². The van der Waals surface area contributed by atoms with Gasteiger partial charge in [0, 0.05) is 177 Å². The van der Waals surface area contributed by atoms with Gasteiger partial charge in [0.15, 0.2) is 0 Å². The molecule has 2 aromatic heterocycles. The number of piperazine rings is 2. The lowest BCUT2D eigenvalue weighted by Gasteiger charge is -2.44. The normalized spacial score (nSPS) is 19.2. The average molecular weight is 1310 g/mol. The molecule has 0 unspecified atom stereocenters. The van der Waals surface area contributed by atoms with E-state index < -0.39 is 11.9 Å². The molecule has 10 heterocycles. The number of imide groups is 2. The molecule has 8 aliphatic rings. The van der Waals surface area contributed by atoms with Gasteiger partial charge in [-0.1, -0.05) is 49.0 Å². The molecule has 0 atom stereocenters. The highest BCUT2D eigenvalue weighted by atomic mass is 16.5. The second kappa shape index (κ2) is 33.6. The number of carbonyl (C=O) groups is 9. The van der Waals surface area contributed by atoms with Gasteiger partial charge in [0.2, 0.25) is 11.8 Å². The summed E-state index contributed by atoms with van der Waals surface area (Å²) in [5.74, 6) is 10.6. The van der Waals surface area contributed by atoms with Crippen molar-refractivity contribution in [1.29, 1.82) is 0 Å². The van der Waals surface area contributed by atoms with E-state index in [1.165, 1.54) is 26.7 Å². The molecule has 12 amide bonds. The van der Waals surface area contributed by atoms with E-state index in [1.807, 2.05) is 58.3 Å². The summed E-state index contributed by atoms with van der Waals surface area (Å²) in [5, 5.41) is 41.7. The fourth-order valence-corrected chi connectivity index (χ4v) is 11.5. The number of carbonyl (C=O) groups excluding carboxylic acids is 7. The van der Waals surface area contributed by atoms with Crippen LogP contribution in [0.15, 0.2) is 97.9 Å². The van der Waals surface area contributed by atoms with Gasteiger partial charge in [0.1, 0.15) is 6.54 Å². The number of morpholine rings is 1. The number of aliphatic carboxylic acids is 2. The zero-order valence-corrected chi connectivity index (χ0v) is 53.2. The van der Waals surface area contributed by atoms with Gasteiger partial charge in [-0.25, -0.2) is 24.0 Å². The highest BCUT2D eigenvalue weighted by Gasteiger charge is 2.38. The van der Waals surface area contributed by atoms with Gasteiger partial charge in [0.25, 0.3) is 0 Å². The van der Waals surface area contributed by atoms with Crippen LogP contribution in [0.3, 0.4) is 0 Å². The molecule has 12 rings (SSSR count). The molecule has 8 saturated heterocycles. The Bertz CT molecular complexity index is 3600. The third kappa shape index (κ3) is 20.4. The summed E-state index contributed by atoms with van der Waals surface area (Å²) < 4.78 is 8.89. The van der Waals surface area contributed by atoms with Crippen molar-refractivity contribution in [2.24, 2.45) is 0 Å². The minimum atomic E-state index is -0.976. The standard InChI is InChI=1S/C23H30N6O3.C21H26N4O3.C11H14N4O3.C10H12N4O3/c30-21-7-11-29(22(31)25-21)20-6-3-5-19(18-20)4-1-2-10-26-14-16-28(17-15-26)23(32)27-12-8-24-9-13-27;26-19-6-12-25(20(27)23-19)18-5-1-3-17(15-18)4-2-11-24-13-14-28-21(16-24)7-9-22-10-8-21;1-8-2-5-15(11(18)13-8)9-6-12-14(7-9)4-3-10(16)17;1-7-2-3-14(10(17)12-7)8-4-11-13(5-8)6-9(15)16/h3,5-6,18,24H,2,7-17H2,(H,25,30,31);1,3,5,15,22H,6-14,16H2,(H,23,26,27);6-7H,1-5H2,(H,13,18)(H,16,17);4-5H,1-3,6H2,(H,12,17)(H,15,16). The maximum Gasteiger partial charge on any atom is 0.328 e. The molecule has 8 N–H and O–H groups in total. The van der Waals surface area contributed by atoms with Crippen molar-refractivity contribution >= 4 is 76.7 Å². The second-order valence-electron chi connectivity index (χ2n) is 23.6. The van der Waals surface area contributed by atoms with E-state index in [2.05, 4.69) is 88.7 Å². The minimum absolute atomic E-state index is 0.00409. The first-order valence-electron chi connectivity index (χ1n) is 31.8. The first-order valence-corrected chi connectivity index (χ1v) is 31.8. The van der Waals surface area contributed by atoms with E-state index in [-0.39, 0.29) is 67.1 Å². The van der Waals surface area contributed by atoms with Crippen molar-refractivity contribution in [2.75, 3.05) is 144 Å². The van der Waals surface area contributed by atoms with Crippen LogP contribution in [0.5, 0.6) is 0 Å². The van der Waals surface area contributed by atoms with Crippen LogP contribution in [0.25, 0.3) is 0 Å². The maximum atomic E-state index is 12.6. The van der Waals surface area contributed by atoms with Crippen LogP contribution in [0.4, 0.5) is 46.7 Å². The number of aromatic nitrogens is 4. The van der Waals surface area contributed by atoms with Crippen LogP contribution in [-0.4, -0.2) is 233 Å². The van der Waals surface area contributed by atoms with Crippen LogP contribution in [-0.2, 0) is 37.0 Å².